The van der Waals surface area contributed by atoms with Crippen LogP contribution < -0.4 is 0 Å². The van der Waals surface area contributed by atoms with Crippen molar-refractivity contribution in [1.29, 1.82) is 0 Å². The average Bonchev–Trinajstić information content (AvgIpc) is 2.12. The van der Waals surface area contributed by atoms with E-state index in [1.807, 2.05) is 0 Å². The Bertz CT molecular complexity index is 247. The zero-order valence-electron chi connectivity index (χ0n) is 12.8. The smallest absolute Gasteiger partial charge is 0.0476 e. The lowest BCUT2D eigenvalue weighted by Gasteiger charge is -2.43. The van der Waals surface area contributed by atoms with Crippen LogP contribution in [0.3, 0.4) is 0 Å². The lowest BCUT2D eigenvalue weighted by Crippen LogP contribution is -2.48. The predicted molar refractivity (Wildman–Crippen MR) is 89.1 cm³/mol. The molecule has 0 fully saturated rings. The molecule has 0 aliphatic heterocycles. The SMILES string of the molecule is C=C[SiH2]C(C)(C)[Si](C)(C)C[Si](C)(C)CCCO. The zero-order chi connectivity index (χ0) is 13.7. The van der Waals surface area contributed by atoms with Crippen molar-refractivity contribution in [2.24, 2.45) is 0 Å². The number of aliphatic hydroxyl groups is 1. The molecule has 0 saturated heterocycles. The van der Waals surface area contributed by atoms with Gasteiger partial charge in [-0.05, 0) is 11.1 Å². The summed E-state index contributed by atoms with van der Waals surface area (Å²) < 4.78 is 0.582. The molecule has 4 heteroatoms. The van der Waals surface area contributed by atoms with Gasteiger partial charge in [-0.2, -0.15) is 0 Å². The second-order valence-corrected chi connectivity index (χ2v) is 22.3. The van der Waals surface area contributed by atoms with E-state index in [0.717, 1.165) is 6.42 Å². The Kier molecular flexibility index (Phi) is 6.63. The van der Waals surface area contributed by atoms with Gasteiger partial charge >= 0.3 is 0 Å². The molecule has 0 radical (unpaired) electrons. The maximum absolute atomic E-state index is 9.00. The first-order valence-electron chi connectivity index (χ1n) is 6.80. The summed E-state index contributed by atoms with van der Waals surface area (Å²) in [6.07, 6.45) is 1.00. The maximum Gasteiger partial charge on any atom is 0.0476 e. The van der Waals surface area contributed by atoms with E-state index in [1.165, 1.54) is 11.7 Å². The zero-order valence-corrected chi connectivity index (χ0v) is 16.2. The Morgan fingerprint density at radius 3 is 2.18 bits per heavy atom. The summed E-state index contributed by atoms with van der Waals surface area (Å²) in [5, 5.41) is 9.00. The summed E-state index contributed by atoms with van der Waals surface area (Å²) in [4.78, 5) is 0. The van der Waals surface area contributed by atoms with Gasteiger partial charge in [-0.1, -0.05) is 51.7 Å². The lowest BCUT2D eigenvalue weighted by atomic mass is 10.5. The van der Waals surface area contributed by atoms with Crippen molar-refractivity contribution in [1.82, 2.24) is 0 Å². The average molecular weight is 289 g/mol. The predicted octanol–water partition coefficient (Wildman–Crippen LogP) is 3.37. The van der Waals surface area contributed by atoms with Crippen LogP contribution in [0, 0.1) is 0 Å². The minimum Gasteiger partial charge on any atom is -0.396 e. The second-order valence-electron chi connectivity index (χ2n) is 7.43. The third-order valence-corrected chi connectivity index (χ3v) is 21.9. The van der Waals surface area contributed by atoms with Gasteiger partial charge in [0, 0.05) is 32.3 Å². The van der Waals surface area contributed by atoms with Gasteiger partial charge in [-0.25, -0.2) is 0 Å². The van der Waals surface area contributed by atoms with Gasteiger partial charge in [-0.3, -0.25) is 0 Å². The minimum atomic E-state index is -1.17. The molecule has 1 N–H and O–H groups in total. The number of rotatable bonds is 8. The van der Waals surface area contributed by atoms with Gasteiger partial charge in [-0.15, -0.1) is 12.3 Å². The van der Waals surface area contributed by atoms with Crippen molar-refractivity contribution in [2.45, 2.75) is 62.8 Å². The summed E-state index contributed by atoms with van der Waals surface area (Å²) in [6, 6.07) is 1.28. The number of hydrogen-bond donors (Lipinski definition) is 1. The molecule has 0 aliphatic carbocycles. The highest BCUT2D eigenvalue weighted by Crippen LogP contribution is 2.41. The number of hydrogen-bond acceptors (Lipinski definition) is 1. The normalized spacial score (nSPS) is 14.5. The van der Waals surface area contributed by atoms with E-state index < -0.39 is 16.1 Å². The summed E-state index contributed by atoms with van der Waals surface area (Å²) in [6.45, 7) is 19.4. The van der Waals surface area contributed by atoms with Gasteiger partial charge in [0.1, 0.15) is 0 Å². The highest BCUT2D eigenvalue weighted by molar-refractivity contribution is 7.00. The molecule has 0 bridgehead atoms. The first-order valence-corrected chi connectivity index (χ1v) is 14.9. The van der Waals surface area contributed by atoms with Gasteiger partial charge < -0.3 is 5.11 Å². The summed E-state index contributed by atoms with van der Waals surface area (Å²) in [5.74, 6) is 0. The summed E-state index contributed by atoms with van der Waals surface area (Å²) in [5.41, 5.74) is 3.71. The van der Waals surface area contributed by atoms with Crippen LogP contribution in [-0.2, 0) is 0 Å². The van der Waals surface area contributed by atoms with E-state index >= 15 is 0 Å². The van der Waals surface area contributed by atoms with Crippen molar-refractivity contribution in [3.8, 4) is 0 Å². The van der Waals surface area contributed by atoms with Crippen molar-refractivity contribution < 1.29 is 5.11 Å². The lowest BCUT2D eigenvalue weighted by molar-refractivity contribution is 0.294. The Labute approximate surface area is 113 Å². The van der Waals surface area contributed by atoms with E-state index in [2.05, 4.69) is 52.3 Å². The molecular formula is C13H32OSi3. The molecule has 17 heavy (non-hydrogen) atoms. The third kappa shape index (κ3) is 5.68. The van der Waals surface area contributed by atoms with Crippen LogP contribution in [0.1, 0.15) is 20.3 Å². The van der Waals surface area contributed by atoms with Crippen molar-refractivity contribution in [3.63, 3.8) is 0 Å². The van der Waals surface area contributed by atoms with Crippen LogP contribution in [0.5, 0.6) is 0 Å². The van der Waals surface area contributed by atoms with Crippen LogP contribution in [0.2, 0.25) is 42.6 Å². The molecule has 0 heterocycles. The highest BCUT2D eigenvalue weighted by Gasteiger charge is 2.42. The molecule has 0 aliphatic rings. The molecule has 0 aromatic heterocycles. The van der Waals surface area contributed by atoms with Crippen molar-refractivity contribution >= 4 is 25.7 Å². The molecule has 0 atom stereocenters. The third-order valence-electron chi connectivity index (χ3n) is 4.42. The fourth-order valence-electron chi connectivity index (χ4n) is 2.72. The first kappa shape index (κ1) is 17.4. The monoisotopic (exact) mass is 288 g/mol. The van der Waals surface area contributed by atoms with Gasteiger partial charge in [0.25, 0.3) is 0 Å². The molecule has 0 saturated carbocycles. The molecule has 0 amide bonds. The van der Waals surface area contributed by atoms with Crippen LogP contribution in [0.25, 0.3) is 0 Å². The largest absolute Gasteiger partial charge is 0.396 e. The molecular weight excluding hydrogens is 256 g/mol. The molecule has 0 unspecified atom stereocenters. The van der Waals surface area contributed by atoms with E-state index in [4.69, 9.17) is 5.11 Å². The molecule has 102 valence electrons. The van der Waals surface area contributed by atoms with E-state index in [1.54, 1.807) is 0 Å². The second kappa shape index (κ2) is 6.50. The van der Waals surface area contributed by atoms with Crippen LogP contribution in [-0.4, -0.2) is 37.4 Å². The fraction of sp³-hybridized carbons (Fsp3) is 0.846. The van der Waals surface area contributed by atoms with Crippen LogP contribution in [0.15, 0.2) is 12.3 Å². The Balaban J connectivity index is 4.66. The Hall–Kier alpha value is 0.351. The first-order chi connectivity index (χ1) is 7.58. The van der Waals surface area contributed by atoms with E-state index in [0.29, 0.717) is 11.3 Å². The van der Waals surface area contributed by atoms with E-state index in [9.17, 15) is 0 Å². The fourth-order valence-corrected chi connectivity index (χ4v) is 20.5. The summed E-state index contributed by atoms with van der Waals surface area (Å²) in [7, 11) is -2.42. The summed E-state index contributed by atoms with van der Waals surface area (Å²) >= 11 is 0. The minimum absolute atomic E-state index is 0.144. The number of aliphatic hydroxyl groups excluding tert-OH is 1. The highest BCUT2D eigenvalue weighted by atomic mass is 28.4. The molecule has 0 aromatic carbocycles. The Morgan fingerprint density at radius 2 is 1.76 bits per heavy atom. The molecule has 0 rings (SSSR count). The van der Waals surface area contributed by atoms with E-state index in [-0.39, 0.29) is 9.52 Å². The van der Waals surface area contributed by atoms with Crippen molar-refractivity contribution in [2.75, 3.05) is 6.61 Å². The Morgan fingerprint density at radius 1 is 1.24 bits per heavy atom. The van der Waals surface area contributed by atoms with Crippen molar-refractivity contribution in [3.05, 3.63) is 12.3 Å². The van der Waals surface area contributed by atoms with Crippen LogP contribution >= 0.6 is 0 Å². The van der Waals surface area contributed by atoms with Gasteiger partial charge in [0.2, 0.25) is 0 Å². The molecule has 1 nitrogen and oxygen atoms in total. The quantitative estimate of drug-likeness (QED) is 0.679. The van der Waals surface area contributed by atoms with Gasteiger partial charge in [0.15, 0.2) is 0 Å². The molecule has 0 aromatic rings. The van der Waals surface area contributed by atoms with Gasteiger partial charge in [0.05, 0.1) is 0 Å². The topological polar surface area (TPSA) is 20.2 Å². The molecule has 0 spiro atoms. The standard InChI is InChI=1S/C13H32OSi3/c1-8-15-13(2,3)17(6,7)12-16(4,5)11-9-10-14/h8,14H,1,9-12,15H2,2-7H3. The maximum atomic E-state index is 9.00. The van der Waals surface area contributed by atoms with Crippen LogP contribution in [0.4, 0.5) is 0 Å².